The molecular weight excluding hydrogens is 210 g/mol. The second kappa shape index (κ2) is 4.22. The van der Waals surface area contributed by atoms with Crippen molar-refractivity contribution in [3.8, 4) is 0 Å². The van der Waals surface area contributed by atoms with Gasteiger partial charge in [-0.25, -0.2) is 0 Å². The van der Waals surface area contributed by atoms with Gasteiger partial charge in [0.25, 0.3) is 0 Å². The number of nitrogens with two attached hydrogens (primary N) is 1. The molecule has 4 atom stereocenters. The Labute approximate surface area is 105 Å². The van der Waals surface area contributed by atoms with E-state index in [4.69, 9.17) is 5.73 Å². The first kappa shape index (κ1) is 11.9. The van der Waals surface area contributed by atoms with Gasteiger partial charge in [-0.1, -0.05) is 6.92 Å². The number of nitrogens with zero attached hydrogens (tertiary/aromatic N) is 2. The molecule has 17 heavy (non-hydrogen) atoms. The highest BCUT2D eigenvalue weighted by Gasteiger charge is 2.51. The van der Waals surface area contributed by atoms with Crippen LogP contribution < -0.4 is 5.73 Å². The van der Waals surface area contributed by atoms with Gasteiger partial charge >= 0.3 is 0 Å². The van der Waals surface area contributed by atoms with E-state index >= 15 is 0 Å². The lowest BCUT2D eigenvalue weighted by molar-refractivity contribution is 0.0852. The van der Waals surface area contributed by atoms with Gasteiger partial charge in [0.2, 0.25) is 0 Å². The molecule has 2 heterocycles. The molecule has 1 aliphatic carbocycles. The molecule has 3 heteroatoms. The van der Waals surface area contributed by atoms with Crippen molar-refractivity contribution in [1.29, 1.82) is 0 Å². The summed E-state index contributed by atoms with van der Waals surface area (Å²) in [6, 6.07) is 0.742. The maximum absolute atomic E-state index is 6.19. The average Bonchev–Trinajstić information content (AvgIpc) is 2.76. The fourth-order valence-electron chi connectivity index (χ4n) is 4.23. The topological polar surface area (TPSA) is 32.5 Å². The van der Waals surface area contributed by atoms with Crippen molar-refractivity contribution in [1.82, 2.24) is 9.80 Å². The van der Waals surface area contributed by atoms with Crippen LogP contribution in [0.2, 0.25) is 0 Å². The molecule has 0 radical (unpaired) electrons. The van der Waals surface area contributed by atoms with Gasteiger partial charge < -0.3 is 5.73 Å². The lowest BCUT2D eigenvalue weighted by atomic mass is 9.86. The first-order valence-electron chi connectivity index (χ1n) is 7.33. The van der Waals surface area contributed by atoms with Crippen LogP contribution in [0.25, 0.3) is 0 Å². The second-order valence-corrected chi connectivity index (χ2v) is 6.61. The zero-order valence-electron chi connectivity index (χ0n) is 11.4. The van der Waals surface area contributed by atoms with Gasteiger partial charge in [0.1, 0.15) is 0 Å². The largest absolute Gasteiger partial charge is 0.329 e. The van der Waals surface area contributed by atoms with E-state index in [0.717, 1.165) is 24.4 Å². The van der Waals surface area contributed by atoms with Crippen molar-refractivity contribution >= 4 is 0 Å². The lowest BCUT2D eigenvalue weighted by Crippen LogP contribution is -2.59. The van der Waals surface area contributed by atoms with E-state index in [2.05, 4.69) is 23.8 Å². The van der Waals surface area contributed by atoms with Crippen molar-refractivity contribution in [2.24, 2.45) is 17.6 Å². The van der Waals surface area contributed by atoms with E-state index in [1.807, 2.05) is 0 Å². The number of fused-ring (bicyclic) bond motifs is 1. The summed E-state index contributed by atoms with van der Waals surface area (Å²) in [4.78, 5) is 5.30. The molecule has 4 unspecified atom stereocenters. The molecule has 3 fully saturated rings. The maximum atomic E-state index is 6.19. The van der Waals surface area contributed by atoms with Gasteiger partial charge in [0, 0.05) is 31.2 Å². The number of likely N-dealkylation sites (N-methyl/N-ethyl adjacent to an activating group) is 1. The first-order valence-corrected chi connectivity index (χ1v) is 7.33. The average molecular weight is 237 g/mol. The minimum absolute atomic E-state index is 0.290. The SMILES string of the molecule is CC1CC1CN(C)C1(CN)CCN2CCCC21. The Morgan fingerprint density at radius 1 is 1.41 bits per heavy atom. The van der Waals surface area contributed by atoms with Crippen LogP contribution in [0, 0.1) is 11.8 Å². The molecule has 0 aromatic heterocycles. The van der Waals surface area contributed by atoms with Crippen LogP contribution in [0.15, 0.2) is 0 Å². The molecule has 0 aromatic carbocycles. The summed E-state index contributed by atoms with van der Waals surface area (Å²) in [6.07, 6.45) is 5.45. The lowest BCUT2D eigenvalue weighted by Gasteiger charge is -2.42. The molecule has 0 bridgehead atoms. The zero-order valence-corrected chi connectivity index (χ0v) is 11.4. The summed E-state index contributed by atoms with van der Waals surface area (Å²) in [7, 11) is 2.32. The Kier molecular flexibility index (Phi) is 2.96. The van der Waals surface area contributed by atoms with Gasteiger partial charge in [-0.2, -0.15) is 0 Å². The predicted octanol–water partition coefficient (Wildman–Crippen LogP) is 1.14. The molecule has 2 aliphatic heterocycles. The van der Waals surface area contributed by atoms with E-state index in [0.29, 0.717) is 5.54 Å². The van der Waals surface area contributed by atoms with Gasteiger partial charge in [-0.3, -0.25) is 9.80 Å². The third kappa shape index (κ3) is 1.83. The Morgan fingerprint density at radius 3 is 2.82 bits per heavy atom. The number of hydrogen-bond acceptors (Lipinski definition) is 3. The number of rotatable bonds is 4. The van der Waals surface area contributed by atoms with Gasteiger partial charge in [-0.15, -0.1) is 0 Å². The van der Waals surface area contributed by atoms with E-state index < -0.39 is 0 Å². The fraction of sp³-hybridized carbons (Fsp3) is 1.00. The molecule has 3 nitrogen and oxygen atoms in total. The molecule has 0 aromatic rings. The highest BCUT2D eigenvalue weighted by molar-refractivity contribution is 5.09. The summed E-state index contributed by atoms with van der Waals surface area (Å²) in [5.74, 6) is 1.90. The van der Waals surface area contributed by atoms with E-state index in [-0.39, 0.29) is 0 Å². The van der Waals surface area contributed by atoms with Crippen molar-refractivity contribution in [2.45, 2.75) is 44.2 Å². The van der Waals surface area contributed by atoms with Gasteiger partial charge in [0.15, 0.2) is 0 Å². The quantitative estimate of drug-likeness (QED) is 0.796. The Hall–Kier alpha value is -0.120. The monoisotopic (exact) mass is 237 g/mol. The Balaban J connectivity index is 1.72. The molecule has 0 amide bonds. The van der Waals surface area contributed by atoms with Crippen LogP contribution >= 0.6 is 0 Å². The van der Waals surface area contributed by atoms with Crippen LogP contribution in [0.5, 0.6) is 0 Å². The molecule has 3 rings (SSSR count). The highest BCUT2D eigenvalue weighted by atomic mass is 15.3. The van der Waals surface area contributed by atoms with Gasteiger partial charge in [-0.05, 0) is 51.1 Å². The predicted molar refractivity (Wildman–Crippen MR) is 70.9 cm³/mol. The van der Waals surface area contributed by atoms with Gasteiger partial charge in [0.05, 0.1) is 0 Å². The molecule has 2 N–H and O–H groups in total. The van der Waals surface area contributed by atoms with E-state index in [9.17, 15) is 0 Å². The smallest absolute Gasteiger partial charge is 0.0496 e. The van der Waals surface area contributed by atoms with Crippen molar-refractivity contribution in [3.05, 3.63) is 0 Å². The third-order valence-electron chi connectivity index (χ3n) is 5.71. The van der Waals surface area contributed by atoms with Crippen LogP contribution in [0.4, 0.5) is 0 Å². The highest BCUT2D eigenvalue weighted by Crippen LogP contribution is 2.43. The molecule has 98 valence electrons. The summed E-state index contributed by atoms with van der Waals surface area (Å²) in [5.41, 5.74) is 6.48. The molecule has 2 saturated heterocycles. The standard InChI is InChI=1S/C14H27N3/c1-11-8-12(11)9-16(2)14(10-15)5-7-17-6-3-4-13(14)17/h11-13H,3-10,15H2,1-2H3. The maximum Gasteiger partial charge on any atom is 0.0496 e. The van der Waals surface area contributed by atoms with Crippen molar-refractivity contribution in [2.75, 3.05) is 33.2 Å². The van der Waals surface area contributed by atoms with E-state index in [1.54, 1.807) is 0 Å². The summed E-state index contributed by atoms with van der Waals surface area (Å²) < 4.78 is 0. The first-order chi connectivity index (χ1) is 8.17. The normalized spacial score (nSPS) is 45.5. The van der Waals surface area contributed by atoms with E-state index in [1.165, 1.54) is 45.3 Å². The van der Waals surface area contributed by atoms with Crippen LogP contribution in [0.3, 0.4) is 0 Å². The minimum Gasteiger partial charge on any atom is -0.329 e. The Morgan fingerprint density at radius 2 is 2.18 bits per heavy atom. The summed E-state index contributed by atoms with van der Waals surface area (Å²) in [6.45, 7) is 7.06. The number of hydrogen-bond donors (Lipinski definition) is 1. The second-order valence-electron chi connectivity index (χ2n) is 6.61. The Bertz CT molecular complexity index is 293. The third-order valence-corrected chi connectivity index (χ3v) is 5.71. The minimum atomic E-state index is 0.290. The molecule has 1 saturated carbocycles. The molecule has 0 spiro atoms. The van der Waals surface area contributed by atoms with Crippen molar-refractivity contribution in [3.63, 3.8) is 0 Å². The van der Waals surface area contributed by atoms with Crippen molar-refractivity contribution < 1.29 is 0 Å². The zero-order chi connectivity index (χ0) is 12.0. The van der Waals surface area contributed by atoms with Crippen LogP contribution in [-0.4, -0.2) is 54.6 Å². The molecule has 3 aliphatic rings. The van der Waals surface area contributed by atoms with Crippen LogP contribution in [0.1, 0.15) is 32.6 Å². The summed E-state index contributed by atoms with van der Waals surface area (Å²) in [5, 5.41) is 0. The van der Waals surface area contributed by atoms with Crippen LogP contribution in [-0.2, 0) is 0 Å². The summed E-state index contributed by atoms with van der Waals surface area (Å²) >= 11 is 0. The fourth-order valence-corrected chi connectivity index (χ4v) is 4.23. The molecular formula is C14H27N3.